The number of nitrogens with one attached hydrogen (secondary N) is 1. The number of sulfonamides is 1. The van der Waals surface area contributed by atoms with Crippen molar-refractivity contribution in [1.29, 1.82) is 0 Å². The first-order chi connectivity index (χ1) is 16.8. The van der Waals surface area contributed by atoms with E-state index >= 15 is 0 Å². The molecule has 1 N–H and O–H groups in total. The molecular formula is C26H28ClN3O4S. The van der Waals surface area contributed by atoms with Crippen LogP contribution in [0, 0.1) is 6.92 Å². The zero-order valence-corrected chi connectivity index (χ0v) is 21.3. The normalized spacial score (nSPS) is 15.1. The summed E-state index contributed by atoms with van der Waals surface area (Å²) in [4.78, 5) is 18.0. The third-order valence-corrected chi connectivity index (χ3v) is 8.40. The van der Waals surface area contributed by atoms with Crippen molar-refractivity contribution < 1.29 is 17.9 Å². The molecular weight excluding hydrogens is 486 g/mol. The predicted molar refractivity (Wildman–Crippen MR) is 135 cm³/mol. The van der Waals surface area contributed by atoms with Crippen molar-refractivity contribution in [2.75, 3.05) is 20.2 Å². The van der Waals surface area contributed by atoms with E-state index in [1.807, 2.05) is 37.3 Å². The number of pyridine rings is 1. The summed E-state index contributed by atoms with van der Waals surface area (Å²) in [5.41, 5.74) is 2.93. The molecule has 4 rings (SSSR count). The quantitative estimate of drug-likeness (QED) is 0.500. The highest BCUT2D eigenvalue weighted by Crippen LogP contribution is 2.32. The molecule has 1 aliphatic heterocycles. The number of aromatic nitrogens is 1. The molecule has 0 aliphatic carbocycles. The lowest BCUT2D eigenvalue weighted by Gasteiger charge is -2.31. The number of carbonyl (C=O) groups is 1. The minimum Gasteiger partial charge on any atom is -0.496 e. The Morgan fingerprint density at radius 2 is 1.77 bits per heavy atom. The third-order valence-electron chi connectivity index (χ3n) is 6.23. The van der Waals surface area contributed by atoms with Crippen LogP contribution in [-0.2, 0) is 16.6 Å². The topological polar surface area (TPSA) is 88.6 Å². The molecule has 2 aromatic carbocycles. The molecule has 35 heavy (non-hydrogen) atoms. The SMILES string of the molecule is COc1ccccc1CNC(=O)c1ccc(C)nc1C1CCN(S(=O)(=O)c2ccc(Cl)cc2)CC1. The summed E-state index contributed by atoms with van der Waals surface area (Å²) in [5, 5.41) is 3.46. The second-order valence-electron chi connectivity index (χ2n) is 8.51. The molecule has 7 nitrogen and oxygen atoms in total. The van der Waals surface area contributed by atoms with Crippen LogP contribution in [0.2, 0.25) is 5.02 Å². The summed E-state index contributed by atoms with van der Waals surface area (Å²) in [6, 6.07) is 17.4. The van der Waals surface area contributed by atoms with Gasteiger partial charge in [0.05, 0.1) is 23.3 Å². The molecule has 0 unspecified atom stereocenters. The summed E-state index contributed by atoms with van der Waals surface area (Å²) in [7, 11) is -2.00. The van der Waals surface area contributed by atoms with E-state index in [0.717, 1.165) is 11.3 Å². The van der Waals surface area contributed by atoms with Crippen LogP contribution in [0.25, 0.3) is 0 Å². The Morgan fingerprint density at radius 1 is 1.09 bits per heavy atom. The average molecular weight is 514 g/mol. The predicted octanol–water partition coefficient (Wildman–Crippen LogP) is 4.55. The fourth-order valence-electron chi connectivity index (χ4n) is 4.32. The summed E-state index contributed by atoms with van der Waals surface area (Å²) >= 11 is 5.91. The van der Waals surface area contributed by atoms with Gasteiger partial charge in [-0.2, -0.15) is 4.31 Å². The van der Waals surface area contributed by atoms with Gasteiger partial charge in [0.2, 0.25) is 10.0 Å². The lowest BCUT2D eigenvalue weighted by atomic mass is 9.90. The van der Waals surface area contributed by atoms with Gasteiger partial charge in [-0.3, -0.25) is 9.78 Å². The number of ether oxygens (including phenoxy) is 1. The first kappa shape index (κ1) is 25.2. The summed E-state index contributed by atoms with van der Waals surface area (Å²) in [5.74, 6) is 0.484. The largest absolute Gasteiger partial charge is 0.496 e. The number of halogens is 1. The number of piperidine rings is 1. The molecule has 0 spiro atoms. The van der Waals surface area contributed by atoms with Gasteiger partial charge in [-0.1, -0.05) is 29.8 Å². The van der Waals surface area contributed by atoms with E-state index in [4.69, 9.17) is 21.3 Å². The van der Waals surface area contributed by atoms with Crippen molar-refractivity contribution in [3.8, 4) is 5.75 Å². The number of amides is 1. The third kappa shape index (κ3) is 5.66. The molecule has 0 saturated carbocycles. The zero-order chi connectivity index (χ0) is 25.0. The number of nitrogens with zero attached hydrogens (tertiary/aromatic N) is 2. The van der Waals surface area contributed by atoms with E-state index in [9.17, 15) is 13.2 Å². The Kier molecular flexibility index (Phi) is 7.74. The standard InChI is InChI=1S/C26H28ClN3O4S/c1-18-7-12-23(26(31)28-17-20-5-3-4-6-24(20)34-2)25(29-18)19-13-15-30(16-14-19)35(32,33)22-10-8-21(27)9-11-22/h3-12,19H,13-17H2,1-2H3,(H,28,31). The fourth-order valence-corrected chi connectivity index (χ4v) is 5.92. The molecule has 1 saturated heterocycles. The number of rotatable bonds is 7. The highest BCUT2D eigenvalue weighted by atomic mass is 35.5. The Hall–Kier alpha value is -2.94. The zero-order valence-electron chi connectivity index (χ0n) is 19.7. The van der Waals surface area contributed by atoms with Crippen molar-refractivity contribution >= 4 is 27.5 Å². The monoisotopic (exact) mass is 513 g/mol. The van der Waals surface area contributed by atoms with Crippen LogP contribution >= 0.6 is 11.6 Å². The summed E-state index contributed by atoms with van der Waals surface area (Å²) < 4.78 is 32.9. The Morgan fingerprint density at radius 3 is 2.46 bits per heavy atom. The fraction of sp³-hybridized carbons (Fsp3) is 0.308. The van der Waals surface area contributed by atoms with Crippen molar-refractivity contribution in [2.45, 2.75) is 37.1 Å². The number of hydrogen-bond acceptors (Lipinski definition) is 5. The molecule has 1 fully saturated rings. The van der Waals surface area contributed by atoms with Gasteiger partial charge >= 0.3 is 0 Å². The van der Waals surface area contributed by atoms with E-state index in [1.165, 1.54) is 16.4 Å². The van der Waals surface area contributed by atoms with E-state index in [2.05, 4.69) is 5.32 Å². The van der Waals surface area contributed by atoms with Crippen LogP contribution in [0.4, 0.5) is 0 Å². The maximum Gasteiger partial charge on any atom is 0.253 e. The lowest BCUT2D eigenvalue weighted by Crippen LogP contribution is -2.38. The summed E-state index contributed by atoms with van der Waals surface area (Å²) in [6.45, 7) is 2.93. The Balaban J connectivity index is 1.47. The van der Waals surface area contributed by atoms with Gasteiger partial charge in [-0.15, -0.1) is 0 Å². The lowest BCUT2D eigenvalue weighted by molar-refractivity contribution is 0.0948. The molecule has 2 heterocycles. The van der Waals surface area contributed by atoms with Gasteiger partial charge < -0.3 is 10.1 Å². The molecule has 9 heteroatoms. The highest BCUT2D eigenvalue weighted by molar-refractivity contribution is 7.89. The van der Waals surface area contributed by atoms with E-state index < -0.39 is 10.0 Å². The first-order valence-corrected chi connectivity index (χ1v) is 13.2. The second kappa shape index (κ2) is 10.8. The minimum absolute atomic E-state index is 0.0152. The van der Waals surface area contributed by atoms with Gasteiger partial charge in [-0.25, -0.2) is 8.42 Å². The molecule has 0 radical (unpaired) electrons. The summed E-state index contributed by atoms with van der Waals surface area (Å²) in [6.07, 6.45) is 1.16. The van der Waals surface area contributed by atoms with Crippen LogP contribution < -0.4 is 10.1 Å². The van der Waals surface area contributed by atoms with Crippen molar-refractivity contribution in [2.24, 2.45) is 0 Å². The number of carbonyl (C=O) groups excluding carboxylic acids is 1. The number of benzene rings is 2. The number of hydrogen-bond donors (Lipinski definition) is 1. The van der Waals surface area contributed by atoms with Gasteiger partial charge in [0.25, 0.3) is 5.91 Å². The highest BCUT2D eigenvalue weighted by Gasteiger charge is 2.32. The number of para-hydroxylation sites is 1. The Bertz CT molecular complexity index is 1300. The molecule has 1 aromatic heterocycles. The van der Waals surface area contributed by atoms with Crippen molar-refractivity contribution in [1.82, 2.24) is 14.6 Å². The van der Waals surface area contributed by atoms with Crippen LogP contribution in [-0.4, -0.2) is 43.8 Å². The van der Waals surface area contributed by atoms with Crippen LogP contribution in [0.15, 0.2) is 65.6 Å². The van der Waals surface area contributed by atoms with E-state index in [0.29, 0.717) is 54.5 Å². The van der Waals surface area contributed by atoms with Gasteiger partial charge in [0, 0.05) is 41.8 Å². The van der Waals surface area contributed by atoms with Crippen molar-refractivity contribution in [3.63, 3.8) is 0 Å². The molecule has 3 aromatic rings. The van der Waals surface area contributed by atoms with Gasteiger partial charge in [0.1, 0.15) is 5.75 Å². The maximum absolute atomic E-state index is 13.1. The van der Waals surface area contributed by atoms with Crippen LogP contribution in [0.1, 0.15) is 46.1 Å². The molecule has 0 bridgehead atoms. The van der Waals surface area contributed by atoms with E-state index in [1.54, 1.807) is 25.3 Å². The van der Waals surface area contributed by atoms with Gasteiger partial charge in [-0.05, 0) is 62.2 Å². The van der Waals surface area contributed by atoms with Crippen LogP contribution in [0.5, 0.6) is 5.75 Å². The smallest absolute Gasteiger partial charge is 0.253 e. The second-order valence-corrected chi connectivity index (χ2v) is 10.9. The number of aryl methyl sites for hydroxylation is 1. The molecule has 184 valence electrons. The number of methoxy groups -OCH3 is 1. The molecule has 1 amide bonds. The van der Waals surface area contributed by atoms with Crippen LogP contribution in [0.3, 0.4) is 0 Å². The maximum atomic E-state index is 13.1. The average Bonchev–Trinajstić information content (AvgIpc) is 2.87. The van der Waals surface area contributed by atoms with Crippen molar-refractivity contribution in [3.05, 3.63) is 88.2 Å². The Labute approximate surface area is 211 Å². The van der Waals surface area contributed by atoms with E-state index in [-0.39, 0.29) is 16.7 Å². The minimum atomic E-state index is -3.60. The molecule has 1 aliphatic rings. The molecule has 0 atom stereocenters. The first-order valence-electron chi connectivity index (χ1n) is 11.4. The van der Waals surface area contributed by atoms with Gasteiger partial charge in [0.15, 0.2) is 0 Å².